The number of benzene rings is 1. The van der Waals surface area contributed by atoms with Gasteiger partial charge in [-0.3, -0.25) is 9.78 Å². The lowest BCUT2D eigenvalue weighted by atomic mass is 10.1. The van der Waals surface area contributed by atoms with E-state index in [4.69, 9.17) is 9.47 Å². The number of rotatable bonds is 6. The Morgan fingerprint density at radius 3 is 2.76 bits per heavy atom. The van der Waals surface area contributed by atoms with Crippen molar-refractivity contribution in [1.82, 2.24) is 10.3 Å². The summed E-state index contributed by atoms with van der Waals surface area (Å²) in [4.78, 5) is 16.8. The molecule has 0 atom stereocenters. The molecule has 0 spiro atoms. The molecule has 25 heavy (non-hydrogen) atoms. The number of aromatic nitrogens is 1. The van der Waals surface area contributed by atoms with Gasteiger partial charge in [0.2, 0.25) is 0 Å². The first kappa shape index (κ1) is 17.0. The molecule has 1 N–H and O–H groups in total. The lowest BCUT2D eigenvalue weighted by molar-refractivity contribution is 0.0948. The van der Waals surface area contributed by atoms with E-state index < -0.39 is 0 Å². The van der Waals surface area contributed by atoms with E-state index in [1.807, 2.05) is 29.0 Å². The normalized spacial score (nSPS) is 10.3. The summed E-state index contributed by atoms with van der Waals surface area (Å²) in [5, 5.41) is 6.98. The smallest absolute Gasteiger partial charge is 0.255 e. The van der Waals surface area contributed by atoms with Gasteiger partial charge in [0.1, 0.15) is 11.5 Å². The number of carbonyl (C=O) groups is 1. The fourth-order valence-electron chi connectivity index (χ4n) is 2.42. The summed E-state index contributed by atoms with van der Waals surface area (Å²) in [5.74, 6) is 0.918. The summed E-state index contributed by atoms with van der Waals surface area (Å²) < 4.78 is 10.4. The van der Waals surface area contributed by atoms with Crippen LogP contribution in [0.25, 0.3) is 11.3 Å². The van der Waals surface area contributed by atoms with Crippen LogP contribution >= 0.6 is 11.3 Å². The number of hydrogen-bond acceptors (Lipinski definition) is 5. The monoisotopic (exact) mass is 354 g/mol. The van der Waals surface area contributed by atoms with E-state index >= 15 is 0 Å². The van der Waals surface area contributed by atoms with Crippen molar-refractivity contribution in [2.24, 2.45) is 0 Å². The van der Waals surface area contributed by atoms with E-state index in [1.165, 1.54) is 7.11 Å². The molecule has 1 aromatic carbocycles. The number of ether oxygens (including phenoxy) is 2. The number of nitrogens with one attached hydrogen (secondary N) is 1. The van der Waals surface area contributed by atoms with E-state index in [-0.39, 0.29) is 5.91 Å². The van der Waals surface area contributed by atoms with Gasteiger partial charge in [-0.15, -0.1) is 0 Å². The largest absolute Gasteiger partial charge is 0.497 e. The number of pyridine rings is 1. The van der Waals surface area contributed by atoms with Crippen LogP contribution in [-0.4, -0.2) is 25.1 Å². The third kappa shape index (κ3) is 3.97. The van der Waals surface area contributed by atoms with E-state index in [2.05, 4.69) is 10.3 Å². The Morgan fingerprint density at radius 2 is 2.04 bits per heavy atom. The van der Waals surface area contributed by atoms with Crippen molar-refractivity contribution < 1.29 is 14.3 Å². The van der Waals surface area contributed by atoms with Crippen LogP contribution in [0.3, 0.4) is 0 Å². The molecule has 0 radical (unpaired) electrons. The van der Waals surface area contributed by atoms with Gasteiger partial charge >= 0.3 is 0 Å². The molecule has 3 aromatic rings. The molecule has 5 nitrogen and oxygen atoms in total. The number of amides is 1. The van der Waals surface area contributed by atoms with Crippen LogP contribution in [0.15, 0.2) is 53.4 Å². The summed E-state index contributed by atoms with van der Waals surface area (Å²) in [6.07, 6.45) is 1.75. The van der Waals surface area contributed by atoms with Crippen molar-refractivity contribution >= 4 is 17.2 Å². The van der Waals surface area contributed by atoms with Crippen molar-refractivity contribution in [1.29, 1.82) is 0 Å². The molecule has 0 saturated heterocycles. The second kappa shape index (κ2) is 7.81. The minimum Gasteiger partial charge on any atom is -0.497 e. The van der Waals surface area contributed by atoms with Crippen molar-refractivity contribution in [2.75, 3.05) is 14.2 Å². The highest BCUT2D eigenvalue weighted by molar-refractivity contribution is 7.08. The van der Waals surface area contributed by atoms with Crippen LogP contribution in [0.1, 0.15) is 15.9 Å². The average molecular weight is 354 g/mol. The molecule has 6 heteroatoms. The Morgan fingerprint density at radius 1 is 1.16 bits per heavy atom. The highest BCUT2D eigenvalue weighted by atomic mass is 32.1. The molecular formula is C19H18N2O3S. The molecule has 1 amide bonds. The van der Waals surface area contributed by atoms with E-state index in [1.54, 1.807) is 42.8 Å². The Hall–Kier alpha value is -2.86. The van der Waals surface area contributed by atoms with Crippen LogP contribution in [0, 0.1) is 0 Å². The number of hydrogen-bond donors (Lipinski definition) is 1. The fraction of sp³-hybridized carbons (Fsp3) is 0.158. The molecule has 0 aliphatic carbocycles. The summed E-state index contributed by atoms with van der Waals surface area (Å²) >= 11 is 1.63. The van der Waals surface area contributed by atoms with Crippen molar-refractivity contribution in [3.63, 3.8) is 0 Å². The van der Waals surface area contributed by atoms with E-state index in [9.17, 15) is 4.79 Å². The summed E-state index contributed by atoms with van der Waals surface area (Å²) in [6.45, 7) is 0.410. The predicted octanol–water partition coefficient (Wildman–Crippen LogP) is 3.76. The van der Waals surface area contributed by atoms with Crippen LogP contribution in [0.5, 0.6) is 11.5 Å². The minimum absolute atomic E-state index is 0.201. The third-order valence-corrected chi connectivity index (χ3v) is 4.43. The lowest BCUT2D eigenvalue weighted by Crippen LogP contribution is -2.23. The predicted molar refractivity (Wildman–Crippen MR) is 98.3 cm³/mol. The van der Waals surface area contributed by atoms with Crippen LogP contribution in [0.4, 0.5) is 0 Å². The maximum absolute atomic E-state index is 12.5. The SMILES string of the molecule is COc1ccc(C(=O)NCc2ccnc(-c3ccsc3)c2)c(OC)c1. The molecule has 0 aliphatic rings. The van der Waals surface area contributed by atoms with Gasteiger partial charge in [-0.25, -0.2) is 0 Å². The Kier molecular flexibility index (Phi) is 5.30. The Labute approximate surface area is 150 Å². The molecule has 0 fully saturated rings. The van der Waals surface area contributed by atoms with Crippen molar-refractivity contribution in [3.05, 3.63) is 64.5 Å². The van der Waals surface area contributed by atoms with Gasteiger partial charge < -0.3 is 14.8 Å². The highest BCUT2D eigenvalue weighted by Crippen LogP contribution is 2.25. The van der Waals surface area contributed by atoms with Gasteiger partial charge in [-0.05, 0) is 41.3 Å². The van der Waals surface area contributed by atoms with Crippen LogP contribution < -0.4 is 14.8 Å². The van der Waals surface area contributed by atoms with Crippen molar-refractivity contribution in [2.45, 2.75) is 6.54 Å². The molecule has 0 saturated carbocycles. The van der Waals surface area contributed by atoms with Gasteiger partial charge in [0.15, 0.2) is 0 Å². The van der Waals surface area contributed by atoms with Crippen molar-refractivity contribution in [3.8, 4) is 22.8 Å². The quantitative estimate of drug-likeness (QED) is 0.732. The van der Waals surface area contributed by atoms with E-state index in [0.29, 0.717) is 23.6 Å². The summed E-state index contributed by atoms with van der Waals surface area (Å²) in [6, 6.07) is 11.0. The average Bonchev–Trinajstić information content (AvgIpc) is 3.20. The zero-order chi connectivity index (χ0) is 17.6. The van der Waals surface area contributed by atoms with Gasteiger partial charge in [-0.1, -0.05) is 0 Å². The highest BCUT2D eigenvalue weighted by Gasteiger charge is 2.13. The number of methoxy groups -OCH3 is 2. The second-order valence-corrected chi connectivity index (χ2v) is 6.09. The molecule has 128 valence electrons. The standard InChI is InChI=1S/C19H18N2O3S/c1-23-15-3-4-16(18(10-15)24-2)19(22)21-11-13-5-7-20-17(9-13)14-6-8-25-12-14/h3-10,12H,11H2,1-2H3,(H,21,22). The Balaban J connectivity index is 1.72. The number of nitrogens with zero attached hydrogens (tertiary/aromatic N) is 1. The number of carbonyl (C=O) groups excluding carboxylic acids is 1. The molecule has 0 unspecified atom stereocenters. The maximum atomic E-state index is 12.5. The topological polar surface area (TPSA) is 60.5 Å². The zero-order valence-electron chi connectivity index (χ0n) is 14.0. The molecule has 3 rings (SSSR count). The van der Waals surface area contributed by atoms with Gasteiger partial charge in [-0.2, -0.15) is 11.3 Å². The van der Waals surface area contributed by atoms with Gasteiger partial charge in [0.25, 0.3) is 5.91 Å². The molecule has 0 aliphatic heterocycles. The first-order valence-corrected chi connectivity index (χ1v) is 8.63. The molecule has 2 aromatic heterocycles. The van der Waals surface area contributed by atoms with Crippen LogP contribution in [0.2, 0.25) is 0 Å². The third-order valence-electron chi connectivity index (χ3n) is 3.75. The van der Waals surface area contributed by atoms with E-state index in [0.717, 1.165) is 16.8 Å². The first-order valence-electron chi connectivity index (χ1n) is 7.69. The minimum atomic E-state index is -0.201. The fourth-order valence-corrected chi connectivity index (χ4v) is 3.07. The second-order valence-electron chi connectivity index (χ2n) is 5.31. The van der Waals surface area contributed by atoms with Gasteiger partial charge in [0, 0.05) is 29.8 Å². The lowest BCUT2D eigenvalue weighted by Gasteiger charge is -2.11. The number of thiophene rings is 1. The first-order chi connectivity index (χ1) is 12.2. The zero-order valence-corrected chi connectivity index (χ0v) is 14.8. The van der Waals surface area contributed by atoms with Crippen LogP contribution in [-0.2, 0) is 6.54 Å². The summed E-state index contributed by atoms with van der Waals surface area (Å²) in [7, 11) is 3.10. The Bertz CT molecular complexity index is 863. The molecule has 2 heterocycles. The van der Waals surface area contributed by atoms with Gasteiger partial charge in [0.05, 0.1) is 25.5 Å². The summed E-state index contributed by atoms with van der Waals surface area (Å²) in [5.41, 5.74) is 3.43. The molecular weight excluding hydrogens is 336 g/mol. The maximum Gasteiger partial charge on any atom is 0.255 e. The molecule has 0 bridgehead atoms.